The Morgan fingerprint density at radius 2 is 1.89 bits per heavy atom. The van der Waals surface area contributed by atoms with Crippen LogP contribution in [0.3, 0.4) is 0 Å². The van der Waals surface area contributed by atoms with Crippen molar-refractivity contribution in [2.24, 2.45) is 4.99 Å². The van der Waals surface area contributed by atoms with Gasteiger partial charge in [-0.2, -0.15) is 0 Å². The van der Waals surface area contributed by atoms with Crippen LogP contribution in [0.1, 0.15) is 35.2 Å². The molecule has 2 N–H and O–H groups in total. The summed E-state index contributed by atoms with van der Waals surface area (Å²) in [7, 11) is 5.26. The van der Waals surface area contributed by atoms with E-state index >= 15 is 0 Å². The van der Waals surface area contributed by atoms with Crippen LogP contribution in [0.4, 0.5) is 0 Å². The van der Waals surface area contributed by atoms with Crippen molar-refractivity contribution in [2.45, 2.75) is 31.9 Å². The number of nitrogens with zero attached hydrogens (tertiary/aromatic N) is 2. The minimum absolute atomic E-state index is 0. The number of nitrogens with one attached hydrogen (secondary N) is 2. The van der Waals surface area contributed by atoms with Gasteiger partial charge in [0, 0.05) is 59.6 Å². The fraction of sp³-hybridized carbons (Fsp3) is 0.600. The molecule has 1 aliphatic heterocycles. The summed E-state index contributed by atoms with van der Waals surface area (Å²) in [6, 6.07) is 7.61. The Hall–Kier alpha value is -1.39. The van der Waals surface area contributed by atoms with Gasteiger partial charge in [0.05, 0.1) is 6.10 Å². The lowest BCUT2D eigenvalue weighted by molar-refractivity contribution is -0.0320. The van der Waals surface area contributed by atoms with E-state index in [2.05, 4.69) is 15.6 Å². The molecule has 0 unspecified atom stereocenters. The maximum Gasteiger partial charge on any atom is 0.253 e. The number of rotatable bonds is 8. The van der Waals surface area contributed by atoms with E-state index in [1.807, 2.05) is 24.3 Å². The molecule has 0 aliphatic carbocycles. The monoisotopic (exact) mass is 504 g/mol. The predicted molar refractivity (Wildman–Crippen MR) is 122 cm³/mol. The fourth-order valence-electron chi connectivity index (χ4n) is 2.80. The maximum absolute atomic E-state index is 11.9. The number of amides is 1. The van der Waals surface area contributed by atoms with Crippen molar-refractivity contribution in [2.75, 3.05) is 47.5 Å². The minimum Gasteiger partial charge on any atom is -0.381 e. The topological polar surface area (TPSA) is 75.2 Å². The van der Waals surface area contributed by atoms with Crippen molar-refractivity contribution in [3.05, 3.63) is 35.4 Å². The summed E-state index contributed by atoms with van der Waals surface area (Å²) in [5, 5.41) is 6.58. The first-order chi connectivity index (χ1) is 13.1. The number of carbonyl (C=O) groups is 1. The molecule has 0 aromatic heterocycles. The van der Waals surface area contributed by atoms with Gasteiger partial charge in [-0.05, 0) is 37.0 Å². The Kier molecular flexibility index (Phi) is 12.1. The quantitative estimate of drug-likeness (QED) is 0.246. The predicted octanol–water partition coefficient (Wildman–Crippen LogP) is 2.26. The first-order valence-corrected chi connectivity index (χ1v) is 9.54. The van der Waals surface area contributed by atoms with Gasteiger partial charge in [-0.1, -0.05) is 12.1 Å². The first kappa shape index (κ1) is 24.6. The zero-order valence-electron chi connectivity index (χ0n) is 17.1. The molecule has 28 heavy (non-hydrogen) atoms. The molecule has 0 bridgehead atoms. The SMILES string of the molecule is CN=C(NCCCOC1CCOCC1)NCc1ccc(C(=O)N(C)C)cc1.I. The van der Waals surface area contributed by atoms with Gasteiger partial charge in [-0.3, -0.25) is 9.79 Å². The number of guanidine groups is 1. The van der Waals surface area contributed by atoms with Crippen LogP contribution in [0.2, 0.25) is 0 Å². The second-order valence-corrected chi connectivity index (χ2v) is 6.79. The van der Waals surface area contributed by atoms with Crippen molar-refractivity contribution in [3.8, 4) is 0 Å². The van der Waals surface area contributed by atoms with E-state index in [1.165, 1.54) is 0 Å². The number of hydrogen-bond donors (Lipinski definition) is 2. The van der Waals surface area contributed by atoms with Crippen molar-refractivity contribution in [1.82, 2.24) is 15.5 Å². The minimum atomic E-state index is 0. The summed E-state index contributed by atoms with van der Waals surface area (Å²) in [5.74, 6) is 0.768. The fourth-order valence-corrected chi connectivity index (χ4v) is 2.80. The molecule has 7 nitrogen and oxygen atoms in total. The third-order valence-corrected chi connectivity index (χ3v) is 4.43. The van der Waals surface area contributed by atoms with Gasteiger partial charge in [-0.25, -0.2) is 0 Å². The maximum atomic E-state index is 11.9. The molecule has 1 aromatic carbocycles. The van der Waals surface area contributed by atoms with Crippen molar-refractivity contribution in [1.29, 1.82) is 0 Å². The summed E-state index contributed by atoms with van der Waals surface area (Å²) in [4.78, 5) is 17.7. The molecule has 0 spiro atoms. The lowest BCUT2D eigenvalue weighted by Crippen LogP contribution is -2.37. The Morgan fingerprint density at radius 3 is 2.50 bits per heavy atom. The lowest BCUT2D eigenvalue weighted by atomic mass is 10.1. The Bertz CT molecular complexity index is 602. The Morgan fingerprint density at radius 1 is 1.21 bits per heavy atom. The van der Waals surface area contributed by atoms with E-state index in [0.29, 0.717) is 18.2 Å². The van der Waals surface area contributed by atoms with Gasteiger partial charge < -0.3 is 25.0 Å². The van der Waals surface area contributed by atoms with E-state index < -0.39 is 0 Å². The first-order valence-electron chi connectivity index (χ1n) is 9.54. The van der Waals surface area contributed by atoms with Gasteiger partial charge in [0.2, 0.25) is 0 Å². The summed E-state index contributed by atoms with van der Waals surface area (Å²) in [5.41, 5.74) is 1.78. The highest BCUT2D eigenvalue weighted by atomic mass is 127. The van der Waals surface area contributed by atoms with E-state index in [-0.39, 0.29) is 29.9 Å². The molecular weight excluding hydrogens is 471 g/mol. The molecule has 1 heterocycles. The van der Waals surface area contributed by atoms with Crippen molar-refractivity contribution < 1.29 is 14.3 Å². The second kappa shape index (κ2) is 13.7. The summed E-state index contributed by atoms with van der Waals surface area (Å²) in [6.45, 7) is 3.82. The van der Waals surface area contributed by atoms with Crippen LogP contribution in [0.25, 0.3) is 0 Å². The van der Waals surface area contributed by atoms with Gasteiger partial charge >= 0.3 is 0 Å². The Balaban J connectivity index is 0.00000392. The summed E-state index contributed by atoms with van der Waals surface area (Å²) >= 11 is 0. The van der Waals surface area contributed by atoms with Crippen molar-refractivity contribution >= 4 is 35.8 Å². The second-order valence-electron chi connectivity index (χ2n) is 6.79. The molecule has 0 saturated carbocycles. The molecule has 0 atom stereocenters. The highest BCUT2D eigenvalue weighted by Gasteiger charge is 2.13. The number of aliphatic imine (C=N–C) groups is 1. The van der Waals surface area contributed by atoms with E-state index in [4.69, 9.17) is 9.47 Å². The summed E-state index contributed by atoms with van der Waals surface area (Å²) in [6.07, 6.45) is 3.27. The molecule has 0 radical (unpaired) electrons. The number of hydrogen-bond acceptors (Lipinski definition) is 4. The zero-order chi connectivity index (χ0) is 19.5. The van der Waals surface area contributed by atoms with Gasteiger partial charge in [0.15, 0.2) is 5.96 Å². The smallest absolute Gasteiger partial charge is 0.253 e. The van der Waals surface area contributed by atoms with Gasteiger partial charge in [-0.15, -0.1) is 24.0 Å². The van der Waals surface area contributed by atoms with Crippen molar-refractivity contribution in [3.63, 3.8) is 0 Å². The van der Waals surface area contributed by atoms with Crippen LogP contribution < -0.4 is 10.6 Å². The molecular formula is C20H33IN4O3. The Labute approximate surface area is 185 Å². The average Bonchev–Trinajstić information content (AvgIpc) is 2.70. The van der Waals surface area contributed by atoms with Crippen LogP contribution in [-0.4, -0.2) is 70.4 Å². The van der Waals surface area contributed by atoms with E-state index in [1.54, 1.807) is 26.0 Å². The number of halogens is 1. The largest absolute Gasteiger partial charge is 0.381 e. The summed E-state index contributed by atoms with van der Waals surface area (Å²) < 4.78 is 11.2. The highest BCUT2D eigenvalue weighted by Crippen LogP contribution is 2.10. The van der Waals surface area contributed by atoms with Gasteiger partial charge in [0.25, 0.3) is 5.91 Å². The number of carbonyl (C=O) groups excluding carboxylic acids is 1. The van der Waals surface area contributed by atoms with Crippen LogP contribution in [0, 0.1) is 0 Å². The van der Waals surface area contributed by atoms with E-state index in [9.17, 15) is 4.79 Å². The molecule has 1 saturated heterocycles. The molecule has 1 aromatic rings. The molecule has 1 fully saturated rings. The highest BCUT2D eigenvalue weighted by molar-refractivity contribution is 14.0. The van der Waals surface area contributed by atoms with Crippen LogP contribution in [0.15, 0.2) is 29.3 Å². The lowest BCUT2D eigenvalue weighted by Gasteiger charge is -2.22. The number of benzene rings is 1. The average molecular weight is 504 g/mol. The molecule has 1 amide bonds. The standard InChI is InChI=1S/C20H32N4O3.HI/c1-21-20(22-11-4-12-27-18-9-13-26-14-10-18)23-15-16-5-7-17(8-6-16)19(25)24(2)3;/h5-8,18H,4,9-15H2,1-3H3,(H2,21,22,23);1H. The van der Waals surface area contributed by atoms with Crippen LogP contribution in [-0.2, 0) is 16.0 Å². The van der Waals surface area contributed by atoms with E-state index in [0.717, 1.165) is 57.2 Å². The zero-order valence-corrected chi connectivity index (χ0v) is 19.4. The van der Waals surface area contributed by atoms with Crippen LogP contribution in [0.5, 0.6) is 0 Å². The third-order valence-electron chi connectivity index (χ3n) is 4.43. The number of ether oxygens (including phenoxy) is 2. The molecule has 8 heteroatoms. The van der Waals surface area contributed by atoms with Crippen LogP contribution >= 0.6 is 24.0 Å². The molecule has 2 rings (SSSR count). The molecule has 1 aliphatic rings. The molecule has 158 valence electrons. The van der Waals surface area contributed by atoms with Gasteiger partial charge in [0.1, 0.15) is 0 Å². The third kappa shape index (κ3) is 8.74. The normalized spacial score (nSPS) is 14.9.